The van der Waals surface area contributed by atoms with Crippen LogP contribution >= 0.6 is 0 Å². The molecule has 1 aliphatic heterocycles. The van der Waals surface area contributed by atoms with E-state index in [4.69, 9.17) is 5.11 Å². The molecule has 1 fully saturated rings. The van der Waals surface area contributed by atoms with Gasteiger partial charge in [-0.1, -0.05) is 13.8 Å². The quantitative estimate of drug-likeness (QED) is 0.834. The lowest BCUT2D eigenvalue weighted by Crippen LogP contribution is -2.55. The van der Waals surface area contributed by atoms with Crippen molar-refractivity contribution in [2.45, 2.75) is 26.1 Å². The molecule has 18 heavy (non-hydrogen) atoms. The average Bonchev–Trinajstić information content (AvgIpc) is 2.17. The number of carboxylic acid groups (broad SMARTS) is 1. The molecular weight excluding hydrogens is 249 g/mol. The minimum atomic E-state index is -4.19. The van der Waals surface area contributed by atoms with Crippen molar-refractivity contribution >= 4 is 5.97 Å². The molecule has 0 aromatic rings. The summed E-state index contributed by atoms with van der Waals surface area (Å²) in [5, 5.41) is 9.11. The van der Waals surface area contributed by atoms with Gasteiger partial charge >= 0.3 is 12.1 Å². The van der Waals surface area contributed by atoms with Crippen LogP contribution in [0.4, 0.5) is 13.2 Å². The Balaban J connectivity index is 2.50. The molecule has 1 rings (SSSR count). The van der Waals surface area contributed by atoms with E-state index >= 15 is 0 Å². The van der Waals surface area contributed by atoms with Gasteiger partial charge in [0.1, 0.15) is 6.04 Å². The van der Waals surface area contributed by atoms with Crippen LogP contribution in [0.25, 0.3) is 0 Å². The summed E-state index contributed by atoms with van der Waals surface area (Å²) in [7, 11) is 0. The van der Waals surface area contributed by atoms with Gasteiger partial charge in [-0.05, 0) is 5.92 Å². The van der Waals surface area contributed by atoms with Crippen LogP contribution in [0.3, 0.4) is 0 Å². The Morgan fingerprint density at radius 2 is 1.72 bits per heavy atom. The van der Waals surface area contributed by atoms with E-state index in [1.165, 1.54) is 4.90 Å². The summed E-state index contributed by atoms with van der Waals surface area (Å²) in [6, 6.07) is -0.613. The Morgan fingerprint density at radius 3 is 2.06 bits per heavy atom. The maximum absolute atomic E-state index is 12.2. The fourth-order valence-electron chi connectivity index (χ4n) is 2.32. The van der Waals surface area contributed by atoms with E-state index in [-0.39, 0.29) is 19.0 Å². The topological polar surface area (TPSA) is 43.8 Å². The van der Waals surface area contributed by atoms with Gasteiger partial charge in [-0.15, -0.1) is 0 Å². The number of halogens is 3. The zero-order valence-corrected chi connectivity index (χ0v) is 10.6. The van der Waals surface area contributed by atoms with Gasteiger partial charge in [0.15, 0.2) is 0 Å². The van der Waals surface area contributed by atoms with Crippen LogP contribution in [-0.2, 0) is 4.79 Å². The predicted octanol–water partition coefficient (Wildman–Crippen LogP) is 1.28. The van der Waals surface area contributed by atoms with E-state index < -0.39 is 24.7 Å². The molecule has 0 saturated carbocycles. The number of carboxylic acids is 1. The molecule has 1 N–H and O–H groups in total. The molecule has 0 spiro atoms. The second kappa shape index (κ2) is 5.88. The number of hydrogen-bond acceptors (Lipinski definition) is 3. The van der Waals surface area contributed by atoms with Crippen LogP contribution in [0.5, 0.6) is 0 Å². The smallest absolute Gasteiger partial charge is 0.401 e. The molecule has 0 aliphatic carbocycles. The highest BCUT2D eigenvalue weighted by atomic mass is 19.4. The van der Waals surface area contributed by atoms with Gasteiger partial charge in [0.05, 0.1) is 6.54 Å². The molecule has 0 aromatic heterocycles. The summed E-state index contributed by atoms with van der Waals surface area (Å²) in [6.07, 6.45) is -4.19. The lowest BCUT2D eigenvalue weighted by atomic mass is 10.0. The predicted molar refractivity (Wildman–Crippen MR) is 60.3 cm³/mol. The number of carbonyl (C=O) groups is 1. The zero-order chi connectivity index (χ0) is 13.9. The van der Waals surface area contributed by atoms with Crippen molar-refractivity contribution in [1.29, 1.82) is 0 Å². The SMILES string of the molecule is CC(C)C(C(=O)O)N1CCN(CC(F)(F)F)CC1. The fraction of sp³-hybridized carbons (Fsp3) is 0.909. The van der Waals surface area contributed by atoms with E-state index in [0.29, 0.717) is 13.1 Å². The summed E-state index contributed by atoms with van der Waals surface area (Å²) in [5.74, 6) is -0.967. The third-order valence-electron chi connectivity index (χ3n) is 3.09. The van der Waals surface area contributed by atoms with Gasteiger partial charge in [0.25, 0.3) is 0 Å². The highest BCUT2D eigenvalue weighted by Crippen LogP contribution is 2.19. The Kier molecular flexibility index (Phi) is 4.98. The molecule has 0 aromatic carbocycles. The number of alkyl halides is 3. The Bertz CT molecular complexity index is 287. The van der Waals surface area contributed by atoms with Crippen molar-refractivity contribution in [3.05, 3.63) is 0 Å². The molecule has 0 amide bonds. The normalized spacial score (nSPS) is 21.2. The van der Waals surface area contributed by atoms with E-state index in [9.17, 15) is 18.0 Å². The minimum Gasteiger partial charge on any atom is -0.480 e. The summed E-state index contributed by atoms with van der Waals surface area (Å²) < 4.78 is 36.6. The van der Waals surface area contributed by atoms with Gasteiger partial charge in [0, 0.05) is 26.2 Å². The monoisotopic (exact) mass is 268 g/mol. The molecule has 0 bridgehead atoms. The van der Waals surface area contributed by atoms with E-state index in [0.717, 1.165) is 0 Å². The van der Waals surface area contributed by atoms with E-state index in [1.807, 2.05) is 0 Å². The molecule has 7 heteroatoms. The molecule has 1 heterocycles. The van der Waals surface area contributed by atoms with E-state index in [1.54, 1.807) is 18.7 Å². The molecule has 4 nitrogen and oxygen atoms in total. The maximum atomic E-state index is 12.2. The van der Waals surface area contributed by atoms with Crippen LogP contribution in [0.15, 0.2) is 0 Å². The number of aliphatic carboxylic acids is 1. The van der Waals surface area contributed by atoms with Crippen LogP contribution in [0.1, 0.15) is 13.8 Å². The Labute approximate surface area is 104 Å². The third-order valence-corrected chi connectivity index (χ3v) is 3.09. The maximum Gasteiger partial charge on any atom is 0.401 e. The second-order valence-electron chi connectivity index (χ2n) is 4.95. The van der Waals surface area contributed by atoms with Crippen molar-refractivity contribution < 1.29 is 23.1 Å². The van der Waals surface area contributed by atoms with Gasteiger partial charge < -0.3 is 5.11 Å². The number of hydrogen-bond donors (Lipinski definition) is 1. The van der Waals surface area contributed by atoms with Crippen molar-refractivity contribution in [2.24, 2.45) is 5.92 Å². The van der Waals surface area contributed by atoms with Crippen LogP contribution in [0.2, 0.25) is 0 Å². The summed E-state index contributed by atoms with van der Waals surface area (Å²) in [4.78, 5) is 14.2. The number of nitrogens with zero attached hydrogens (tertiary/aromatic N) is 2. The average molecular weight is 268 g/mol. The Hall–Kier alpha value is -0.820. The third kappa shape index (κ3) is 4.45. The first-order chi connectivity index (χ1) is 8.20. The largest absolute Gasteiger partial charge is 0.480 e. The number of rotatable bonds is 4. The highest BCUT2D eigenvalue weighted by Gasteiger charge is 2.35. The molecule has 1 atom stereocenters. The van der Waals surface area contributed by atoms with Gasteiger partial charge in [-0.3, -0.25) is 14.6 Å². The second-order valence-corrected chi connectivity index (χ2v) is 4.95. The molecular formula is C11H19F3N2O2. The zero-order valence-electron chi connectivity index (χ0n) is 10.6. The van der Waals surface area contributed by atoms with Gasteiger partial charge in [0.2, 0.25) is 0 Å². The van der Waals surface area contributed by atoms with Gasteiger partial charge in [-0.25, -0.2) is 0 Å². The highest BCUT2D eigenvalue weighted by molar-refractivity contribution is 5.73. The first-order valence-corrected chi connectivity index (χ1v) is 5.96. The molecule has 0 radical (unpaired) electrons. The number of piperazine rings is 1. The van der Waals surface area contributed by atoms with Crippen LogP contribution in [-0.4, -0.2) is 65.8 Å². The van der Waals surface area contributed by atoms with Crippen molar-refractivity contribution in [1.82, 2.24) is 9.80 Å². The lowest BCUT2D eigenvalue weighted by Gasteiger charge is -2.39. The molecule has 106 valence electrons. The fourth-order valence-corrected chi connectivity index (χ4v) is 2.32. The van der Waals surface area contributed by atoms with Crippen LogP contribution in [0, 0.1) is 5.92 Å². The first kappa shape index (κ1) is 15.2. The van der Waals surface area contributed by atoms with E-state index in [2.05, 4.69) is 0 Å². The lowest BCUT2D eigenvalue weighted by molar-refractivity contribution is -0.155. The summed E-state index contributed by atoms with van der Waals surface area (Å²) in [5.41, 5.74) is 0. The summed E-state index contributed by atoms with van der Waals surface area (Å²) >= 11 is 0. The van der Waals surface area contributed by atoms with Crippen molar-refractivity contribution in [3.63, 3.8) is 0 Å². The molecule has 1 aliphatic rings. The van der Waals surface area contributed by atoms with Crippen LogP contribution < -0.4 is 0 Å². The van der Waals surface area contributed by atoms with Crippen molar-refractivity contribution in [3.8, 4) is 0 Å². The minimum absolute atomic E-state index is 0.0586. The van der Waals surface area contributed by atoms with Crippen molar-refractivity contribution in [2.75, 3.05) is 32.7 Å². The Morgan fingerprint density at radius 1 is 1.22 bits per heavy atom. The standard InChI is InChI=1S/C11H19F3N2O2/c1-8(2)9(10(17)18)16-5-3-15(4-6-16)7-11(12,13)14/h8-9H,3-7H2,1-2H3,(H,17,18). The van der Waals surface area contributed by atoms with Gasteiger partial charge in [-0.2, -0.15) is 13.2 Å². The molecule has 1 saturated heterocycles. The first-order valence-electron chi connectivity index (χ1n) is 5.96. The molecule has 1 unspecified atom stereocenters. The summed E-state index contributed by atoms with van der Waals surface area (Å²) in [6.45, 7) is 3.95.